The lowest BCUT2D eigenvalue weighted by molar-refractivity contribution is -0.127. The summed E-state index contributed by atoms with van der Waals surface area (Å²) in [4.78, 5) is 21.3. The topological polar surface area (TPSA) is 100 Å². The number of rotatable bonds is 7. The number of aliphatic hydroxyl groups is 1. The van der Waals surface area contributed by atoms with Crippen molar-refractivity contribution in [3.8, 4) is 0 Å². The van der Waals surface area contributed by atoms with Gasteiger partial charge in [0.2, 0.25) is 0 Å². The molecule has 2 atom stereocenters. The minimum absolute atomic E-state index is 0.0644. The first-order valence-electron chi connectivity index (χ1n) is 11.1. The van der Waals surface area contributed by atoms with Crippen LogP contribution in [0.15, 0.2) is 52.0 Å². The summed E-state index contributed by atoms with van der Waals surface area (Å²) in [6, 6.07) is 9.08. The fourth-order valence-corrected chi connectivity index (χ4v) is 6.19. The van der Waals surface area contributed by atoms with Crippen molar-refractivity contribution in [3.63, 3.8) is 0 Å². The van der Waals surface area contributed by atoms with E-state index in [0.29, 0.717) is 36.8 Å². The van der Waals surface area contributed by atoms with E-state index in [4.69, 9.17) is 15.2 Å². The van der Waals surface area contributed by atoms with Crippen LogP contribution in [0, 0.1) is 5.41 Å². The summed E-state index contributed by atoms with van der Waals surface area (Å²) in [6.07, 6.45) is 1.40. The number of nitrogens with two attached hydrogens (primary N) is 1. The summed E-state index contributed by atoms with van der Waals surface area (Å²) in [5, 5.41) is 17.5. The molecule has 9 heteroatoms. The van der Waals surface area contributed by atoms with E-state index in [2.05, 4.69) is 25.9 Å². The number of nitrogens with zero attached hydrogens (tertiary/aromatic N) is 2. The maximum absolute atomic E-state index is 13.6. The maximum atomic E-state index is 13.6. The number of carbonyl (C=O) groups is 1. The molecular formula is C24H31N4O3PS. The van der Waals surface area contributed by atoms with Crippen molar-refractivity contribution in [2.45, 2.75) is 46.6 Å². The van der Waals surface area contributed by atoms with Crippen LogP contribution in [0.3, 0.4) is 0 Å². The predicted octanol–water partition coefficient (Wildman–Crippen LogP) is 4.64. The molecule has 1 aromatic carbocycles. The van der Waals surface area contributed by atoms with Gasteiger partial charge in [0.05, 0.1) is 23.6 Å². The van der Waals surface area contributed by atoms with Crippen molar-refractivity contribution >= 4 is 48.1 Å². The number of amidine groups is 1. The summed E-state index contributed by atoms with van der Waals surface area (Å²) in [5.74, 6) is 0.234. The minimum atomic E-state index is -1.27. The first kappa shape index (κ1) is 23.7. The van der Waals surface area contributed by atoms with E-state index < -0.39 is 14.3 Å². The van der Waals surface area contributed by atoms with Crippen LogP contribution in [0.1, 0.15) is 39.0 Å². The SMILES string of the molecule is CCOP1NC(C2=C(O)C(Cc3cccs3)N(CCC(C)(C)C)C2=O)=Nc2ccc(N)cc21. The molecular weight excluding hydrogens is 455 g/mol. The summed E-state index contributed by atoms with van der Waals surface area (Å²) >= 11 is 1.63. The molecule has 2 aliphatic rings. The molecule has 4 rings (SSSR count). The molecule has 2 aliphatic heterocycles. The Balaban J connectivity index is 1.72. The zero-order valence-electron chi connectivity index (χ0n) is 19.5. The average molecular weight is 487 g/mol. The second-order valence-corrected chi connectivity index (χ2v) is 12.0. The van der Waals surface area contributed by atoms with E-state index in [1.54, 1.807) is 22.3 Å². The number of benzene rings is 1. The first-order chi connectivity index (χ1) is 15.7. The molecule has 0 spiro atoms. The normalized spacial score (nSPS) is 20.7. The summed E-state index contributed by atoms with van der Waals surface area (Å²) in [7, 11) is -1.27. The van der Waals surface area contributed by atoms with Gasteiger partial charge in [-0.15, -0.1) is 11.3 Å². The van der Waals surface area contributed by atoms with Gasteiger partial charge in [0, 0.05) is 23.5 Å². The van der Waals surface area contributed by atoms with Gasteiger partial charge in [0.15, 0.2) is 8.30 Å². The highest BCUT2D eigenvalue weighted by Gasteiger charge is 2.43. The highest BCUT2D eigenvalue weighted by Crippen LogP contribution is 2.41. The largest absolute Gasteiger partial charge is 0.509 e. The third kappa shape index (κ3) is 5.08. The lowest BCUT2D eigenvalue weighted by Crippen LogP contribution is -2.40. The number of aliphatic imine (C=N–C) groups is 1. The van der Waals surface area contributed by atoms with Gasteiger partial charge in [-0.25, -0.2) is 4.99 Å². The van der Waals surface area contributed by atoms with Crippen LogP contribution in [0.2, 0.25) is 0 Å². The van der Waals surface area contributed by atoms with Crippen molar-refractivity contribution in [2.24, 2.45) is 10.4 Å². The lowest BCUT2D eigenvalue weighted by atomic mass is 9.92. The fourth-order valence-electron chi connectivity index (χ4n) is 3.91. The summed E-state index contributed by atoms with van der Waals surface area (Å²) in [5.41, 5.74) is 7.61. The number of nitrogen functional groups attached to an aromatic ring is 1. The molecule has 0 aliphatic carbocycles. The van der Waals surface area contributed by atoms with E-state index in [1.807, 2.05) is 36.6 Å². The average Bonchev–Trinajstić information content (AvgIpc) is 3.33. The number of carbonyl (C=O) groups excluding carboxylic acids is 1. The number of fused-ring (bicyclic) bond motifs is 1. The highest BCUT2D eigenvalue weighted by atomic mass is 32.1. The van der Waals surface area contributed by atoms with Gasteiger partial charge in [-0.1, -0.05) is 26.8 Å². The van der Waals surface area contributed by atoms with Crippen molar-refractivity contribution in [1.82, 2.24) is 9.99 Å². The van der Waals surface area contributed by atoms with Crippen LogP contribution in [0.5, 0.6) is 0 Å². The molecule has 176 valence electrons. The van der Waals surface area contributed by atoms with Crippen LogP contribution in [-0.4, -0.2) is 40.9 Å². The Morgan fingerprint density at radius 3 is 2.79 bits per heavy atom. The molecule has 0 fully saturated rings. The van der Waals surface area contributed by atoms with Crippen LogP contribution in [0.4, 0.5) is 11.4 Å². The van der Waals surface area contributed by atoms with Gasteiger partial charge in [0.25, 0.3) is 5.91 Å². The molecule has 3 heterocycles. The third-order valence-corrected chi connectivity index (χ3v) is 8.28. The van der Waals surface area contributed by atoms with Crippen molar-refractivity contribution in [2.75, 3.05) is 18.9 Å². The highest BCUT2D eigenvalue weighted by molar-refractivity contribution is 7.60. The Morgan fingerprint density at radius 1 is 1.33 bits per heavy atom. The molecule has 0 bridgehead atoms. The second-order valence-electron chi connectivity index (χ2n) is 9.40. The number of thiophene rings is 1. The summed E-state index contributed by atoms with van der Waals surface area (Å²) in [6.45, 7) is 9.44. The number of nitrogens with one attached hydrogen (secondary N) is 1. The number of anilines is 1. The lowest BCUT2D eigenvalue weighted by Gasteiger charge is -2.29. The van der Waals surface area contributed by atoms with E-state index in [-0.39, 0.29) is 22.7 Å². The molecule has 7 nitrogen and oxygen atoms in total. The van der Waals surface area contributed by atoms with Crippen molar-refractivity contribution in [1.29, 1.82) is 0 Å². The molecule has 0 radical (unpaired) electrons. The van der Waals surface area contributed by atoms with Gasteiger partial charge >= 0.3 is 0 Å². The smallest absolute Gasteiger partial charge is 0.261 e. The van der Waals surface area contributed by atoms with Gasteiger partial charge in [-0.3, -0.25) is 4.79 Å². The molecule has 4 N–H and O–H groups in total. The number of aliphatic hydroxyl groups excluding tert-OH is 1. The van der Waals surface area contributed by atoms with Crippen LogP contribution < -0.4 is 16.1 Å². The first-order valence-corrected chi connectivity index (χ1v) is 13.3. The maximum Gasteiger partial charge on any atom is 0.261 e. The van der Waals surface area contributed by atoms with Gasteiger partial charge in [-0.05, 0) is 48.4 Å². The van der Waals surface area contributed by atoms with Gasteiger partial charge in [-0.2, -0.15) is 0 Å². The predicted molar refractivity (Wildman–Crippen MR) is 137 cm³/mol. The van der Waals surface area contributed by atoms with Crippen LogP contribution in [-0.2, 0) is 15.7 Å². The zero-order valence-corrected chi connectivity index (χ0v) is 21.2. The number of hydrogen-bond donors (Lipinski definition) is 3. The number of amides is 1. The van der Waals surface area contributed by atoms with Gasteiger partial charge in [0.1, 0.15) is 17.2 Å². The Morgan fingerprint density at radius 2 is 2.12 bits per heavy atom. The molecule has 33 heavy (non-hydrogen) atoms. The molecule has 0 saturated heterocycles. The van der Waals surface area contributed by atoms with Crippen LogP contribution in [0.25, 0.3) is 0 Å². The Bertz CT molecular complexity index is 1090. The molecule has 2 unspecified atom stereocenters. The van der Waals surface area contributed by atoms with E-state index in [1.165, 1.54) is 0 Å². The Kier molecular flexibility index (Phi) is 6.80. The van der Waals surface area contributed by atoms with Crippen LogP contribution >= 0.6 is 19.6 Å². The number of hydrogen-bond acceptors (Lipinski definition) is 7. The monoisotopic (exact) mass is 486 g/mol. The zero-order chi connectivity index (χ0) is 23.8. The van der Waals surface area contributed by atoms with E-state index in [9.17, 15) is 9.90 Å². The fraction of sp³-hybridized carbons (Fsp3) is 0.417. The molecule has 2 aromatic rings. The minimum Gasteiger partial charge on any atom is -0.509 e. The van der Waals surface area contributed by atoms with Crippen molar-refractivity contribution < 1.29 is 14.4 Å². The summed E-state index contributed by atoms with van der Waals surface area (Å²) < 4.78 is 5.95. The molecule has 0 saturated carbocycles. The third-order valence-electron chi connectivity index (χ3n) is 5.65. The Labute approximate surface area is 200 Å². The van der Waals surface area contributed by atoms with Crippen molar-refractivity contribution in [3.05, 3.63) is 51.9 Å². The van der Waals surface area contributed by atoms with E-state index >= 15 is 0 Å². The van der Waals surface area contributed by atoms with Gasteiger partial charge < -0.3 is 25.4 Å². The molecule has 1 aromatic heterocycles. The van der Waals surface area contributed by atoms with E-state index in [0.717, 1.165) is 16.6 Å². The quantitative estimate of drug-likeness (QED) is 0.391. The Hall–Kier alpha value is -2.41. The molecule has 1 amide bonds. The second kappa shape index (κ2) is 9.45. The standard InChI is InChI=1S/C24H31N4O3PS/c1-5-31-32-19-13-15(25)8-9-17(19)26-22(27-32)20-21(29)18(14-16-7-6-12-33-16)28(23(20)30)11-10-24(2,3)4/h6-9,12-13,18,29H,5,10-11,14,25H2,1-4H3,(H,26,27).